The number of aromatic amines is 1. The predicted octanol–water partition coefficient (Wildman–Crippen LogP) is -2.05. The molecule has 3 unspecified atom stereocenters. The highest BCUT2D eigenvalue weighted by atomic mass is 16.4. The minimum atomic E-state index is -1.67. The fourth-order valence-corrected chi connectivity index (χ4v) is 3.38. The van der Waals surface area contributed by atoms with Gasteiger partial charge in [-0.3, -0.25) is 24.0 Å². The molecular weight excluding hydrogens is 476 g/mol. The summed E-state index contributed by atoms with van der Waals surface area (Å²) in [7, 11) is 0. The summed E-state index contributed by atoms with van der Waals surface area (Å²) >= 11 is 0. The van der Waals surface area contributed by atoms with Crippen molar-refractivity contribution < 1.29 is 39.0 Å². The molecule has 2 aromatic rings. The van der Waals surface area contributed by atoms with Crippen LogP contribution in [-0.2, 0) is 35.2 Å². The highest BCUT2D eigenvalue weighted by Crippen LogP contribution is 2.18. The van der Waals surface area contributed by atoms with Crippen LogP contribution in [0.5, 0.6) is 0 Å². The van der Waals surface area contributed by atoms with Gasteiger partial charge < -0.3 is 42.6 Å². The molecule has 14 nitrogen and oxygen atoms in total. The Balaban J connectivity index is 1.94. The van der Waals surface area contributed by atoms with Gasteiger partial charge in [0.05, 0.1) is 19.0 Å². The fourth-order valence-electron chi connectivity index (χ4n) is 3.38. The maximum atomic E-state index is 12.5. The highest BCUT2D eigenvalue weighted by molar-refractivity contribution is 5.94. The first-order valence-corrected chi connectivity index (χ1v) is 10.9. The zero-order valence-corrected chi connectivity index (χ0v) is 19.2. The van der Waals surface area contributed by atoms with Gasteiger partial charge in [-0.25, -0.2) is 4.79 Å². The number of nitrogens with two attached hydrogens (primary N) is 2. The second-order valence-electron chi connectivity index (χ2n) is 8.01. The lowest BCUT2D eigenvalue weighted by molar-refractivity contribution is -0.144. The maximum Gasteiger partial charge on any atom is 0.326 e. The van der Waals surface area contributed by atoms with Gasteiger partial charge in [0.1, 0.15) is 12.1 Å². The first kappa shape index (κ1) is 27.8. The Labute approximate surface area is 204 Å². The topological polar surface area (TPSA) is 247 Å². The predicted molar refractivity (Wildman–Crippen MR) is 125 cm³/mol. The van der Waals surface area contributed by atoms with E-state index in [2.05, 4.69) is 15.6 Å². The van der Waals surface area contributed by atoms with Gasteiger partial charge in [0.15, 0.2) is 0 Å². The Kier molecular flexibility index (Phi) is 9.92. The van der Waals surface area contributed by atoms with Gasteiger partial charge in [-0.15, -0.1) is 0 Å². The first-order valence-electron chi connectivity index (χ1n) is 10.9. The maximum absolute atomic E-state index is 12.5. The molecular formula is C22H28N6O8. The molecule has 1 aromatic heterocycles. The van der Waals surface area contributed by atoms with Crippen molar-refractivity contribution in [2.24, 2.45) is 11.5 Å². The molecule has 0 saturated carbocycles. The number of hydrogen-bond donors (Lipinski definition) is 8. The summed E-state index contributed by atoms with van der Waals surface area (Å²) in [4.78, 5) is 73.4. The highest BCUT2D eigenvalue weighted by Gasteiger charge is 2.28. The number of primary amides is 1. The molecule has 3 atom stereocenters. The molecule has 0 saturated heterocycles. The average Bonchev–Trinajstić information content (AvgIpc) is 3.21. The van der Waals surface area contributed by atoms with E-state index in [4.69, 9.17) is 21.7 Å². The van der Waals surface area contributed by atoms with E-state index in [0.29, 0.717) is 0 Å². The number of carbonyl (C=O) groups excluding carboxylic acids is 4. The summed E-state index contributed by atoms with van der Waals surface area (Å²) in [6.07, 6.45) is 0.332. The quantitative estimate of drug-likeness (QED) is 0.141. The largest absolute Gasteiger partial charge is 0.481 e. The van der Waals surface area contributed by atoms with E-state index in [0.717, 1.165) is 16.5 Å². The standard InChI is InChI=1S/C22H28N6O8/c23-13(7-11-9-25-14-4-2-1-3-12(11)14)20(33)26-10-18(30)27-15(5-6-19(31)32)21(34)28-16(22(35)36)8-17(24)29/h1-4,9,13,15-16,25H,5-8,10,23H2,(H2,24,29)(H,26,33)(H,27,30)(H,28,34)(H,31,32)(H,35,36). The molecule has 10 N–H and O–H groups in total. The number of fused-ring (bicyclic) bond motifs is 1. The third-order valence-corrected chi connectivity index (χ3v) is 5.19. The number of carboxylic acid groups (broad SMARTS) is 2. The van der Waals surface area contributed by atoms with Crippen molar-refractivity contribution in [3.63, 3.8) is 0 Å². The number of H-pyrrole nitrogens is 1. The van der Waals surface area contributed by atoms with Crippen molar-refractivity contribution in [2.75, 3.05) is 6.54 Å². The third kappa shape index (κ3) is 8.39. The van der Waals surface area contributed by atoms with Gasteiger partial charge in [0, 0.05) is 23.5 Å². The van der Waals surface area contributed by atoms with Gasteiger partial charge in [-0.2, -0.15) is 0 Å². The van der Waals surface area contributed by atoms with E-state index in [1.54, 1.807) is 6.20 Å². The zero-order chi connectivity index (χ0) is 26.8. The number of benzene rings is 1. The van der Waals surface area contributed by atoms with E-state index in [1.165, 1.54) is 0 Å². The smallest absolute Gasteiger partial charge is 0.326 e. The fraction of sp³-hybridized carbons (Fsp3) is 0.364. The Morgan fingerprint density at radius 1 is 0.972 bits per heavy atom. The SMILES string of the molecule is NC(=O)CC(NC(=O)C(CCC(=O)O)NC(=O)CNC(=O)C(N)Cc1c[nH]c2ccccc12)C(=O)O. The van der Waals surface area contributed by atoms with Gasteiger partial charge in [0.2, 0.25) is 23.6 Å². The molecule has 0 fully saturated rings. The van der Waals surface area contributed by atoms with Crippen LogP contribution in [0, 0.1) is 0 Å². The summed E-state index contributed by atoms with van der Waals surface area (Å²) in [6.45, 7) is -0.569. The average molecular weight is 505 g/mol. The number of carbonyl (C=O) groups is 6. The van der Waals surface area contributed by atoms with Crippen LogP contribution in [0.1, 0.15) is 24.8 Å². The third-order valence-electron chi connectivity index (χ3n) is 5.19. The summed E-state index contributed by atoms with van der Waals surface area (Å²) in [5.74, 6) is -6.28. The van der Waals surface area contributed by atoms with Crippen LogP contribution in [0.3, 0.4) is 0 Å². The molecule has 0 aliphatic heterocycles. The lowest BCUT2D eigenvalue weighted by atomic mass is 10.1. The number of carboxylic acids is 2. The second-order valence-corrected chi connectivity index (χ2v) is 8.01. The molecule has 4 amide bonds. The number of aromatic nitrogens is 1. The van der Waals surface area contributed by atoms with Crippen molar-refractivity contribution in [2.45, 2.75) is 43.8 Å². The number of para-hydroxylation sites is 1. The van der Waals surface area contributed by atoms with Crippen LogP contribution in [0.2, 0.25) is 0 Å². The molecule has 2 rings (SSSR count). The molecule has 1 aromatic carbocycles. The van der Waals surface area contributed by atoms with Crippen LogP contribution in [-0.4, -0.2) is 75.4 Å². The number of rotatable bonds is 14. The monoisotopic (exact) mass is 504 g/mol. The van der Waals surface area contributed by atoms with Gasteiger partial charge in [-0.1, -0.05) is 18.2 Å². The number of nitrogens with one attached hydrogen (secondary N) is 4. The second kappa shape index (κ2) is 12.9. The molecule has 36 heavy (non-hydrogen) atoms. The molecule has 0 bridgehead atoms. The molecule has 0 aliphatic rings. The van der Waals surface area contributed by atoms with Crippen LogP contribution in [0.15, 0.2) is 30.5 Å². The van der Waals surface area contributed by atoms with E-state index >= 15 is 0 Å². The van der Waals surface area contributed by atoms with E-state index in [1.807, 2.05) is 29.6 Å². The van der Waals surface area contributed by atoms with Crippen molar-refractivity contribution >= 4 is 46.5 Å². The van der Waals surface area contributed by atoms with Gasteiger partial charge >= 0.3 is 11.9 Å². The zero-order valence-electron chi connectivity index (χ0n) is 19.2. The lowest BCUT2D eigenvalue weighted by Gasteiger charge is -2.21. The van der Waals surface area contributed by atoms with E-state index < -0.39 is 73.1 Å². The Morgan fingerprint density at radius 3 is 2.31 bits per heavy atom. The van der Waals surface area contributed by atoms with Crippen LogP contribution < -0.4 is 27.4 Å². The van der Waals surface area contributed by atoms with Crippen LogP contribution in [0.25, 0.3) is 10.9 Å². The van der Waals surface area contributed by atoms with E-state index in [-0.39, 0.29) is 12.8 Å². The minimum Gasteiger partial charge on any atom is -0.481 e. The molecule has 0 radical (unpaired) electrons. The van der Waals surface area contributed by atoms with Crippen LogP contribution in [0.4, 0.5) is 0 Å². The van der Waals surface area contributed by atoms with Crippen LogP contribution >= 0.6 is 0 Å². The van der Waals surface area contributed by atoms with Gasteiger partial charge in [-0.05, 0) is 24.5 Å². The Morgan fingerprint density at radius 2 is 1.67 bits per heavy atom. The number of hydrogen-bond acceptors (Lipinski definition) is 7. The van der Waals surface area contributed by atoms with Crippen molar-refractivity contribution in [3.8, 4) is 0 Å². The number of aliphatic carboxylic acids is 2. The summed E-state index contributed by atoms with van der Waals surface area (Å²) in [5.41, 5.74) is 12.6. The summed E-state index contributed by atoms with van der Waals surface area (Å²) in [5, 5.41) is 25.6. The lowest BCUT2D eigenvalue weighted by Crippen LogP contribution is -2.54. The number of amides is 4. The summed E-state index contributed by atoms with van der Waals surface area (Å²) < 4.78 is 0. The van der Waals surface area contributed by atoms with Gasteiger partial charge in [0.25, 0.3) is 0 Å². The Bertz CT molecular complexity index is 1150. The van der Waals surface area contributed by atoms with Crippen molar-refractivity contribution in [3.05, 3.63) is 36.0 Å². The molecule has 194 valence electrons. The van der Waals surface area contributed by atoms with Crippen molar-refractivity contribution in [1.29, 1.82) is 0 Å². The molecule has 14 heteroatoms. The molecule has 0 aliphatic carbocycles. The Hall–Kier alpha value is -4.46. The molecule has 0 spiro atoms. The minimum absolute atomic E-state index is 0.192. The normalized spacial score (nSPS) is 13.2. The van der Waals surface area contributed by atoms with E-state index in [9.17, 15) is 28.8 Å². The summed E-state index contributed by atoms with van der Waals surface area (Å²) in [6, 6.07) is 3.36. The first-order chi connectivity index (χ1) is 17.0. The van der Waals surface area contributed by atoms with Crippen molar-refractivity contribution in [1.82, 2.24) is 20.9 Å². The molecule has 1 heterocycles.